The van der Waals surface area contributed by atoms with Gasteiger partial charge in [-0.2, -0.15) is 0 Å². The summed E-state index contributed by atoms with van der Waals surface area (Å²) in [5, 5.41) is 3.63. The lowest BCUT2D eigenvalue weighted by Crippen LogP contribution is -2.35. The van der Waals surface area contributed by atoms with Gasteiger partial charge in [0.25, 0.3) is 0 Å². The summed E-state index contributed by atoms with van der Waals surface area (Å²) in [6.45, 7) is 7.11. The molecule has 1 aliphatic rings. The van der Waals surface area contributed by atoms with Gasteiger partial charge in [-0.25, -0.2) is 0 Å². The van der Waals surface area contributed by atoms with Crippen LogP contribution in [0.25, 0.3) is 0 Å². The fourth-order valence-corrected chi connectivity index (χ4v) is 2.27. The third kappa shape index (κ3) is 13.3. The van der Waals surface area contributed by atoms with Gasteiger partial charge in [0.1, 0.15) is 18.2 Å². The highest BCUT2D eigenvalue weighted by Crippen LogP contribution is 2.16. The number of ether oxygens (including phenoxy) is 1. The highest BCUT2D eigenvalue weighted by atomic mass is 35.5. The van der Waals surface area contributed by atoms with Crippen molar-refractivity contribution in [1.82, 2.24) is 5.32 Å². The topological polar surface area (TPSA) is 50.7 Å². The van der Waals surface area contributed by atoms with E-state index in [2.05, 4.69) is 40.2 Å². The van der Waals surface area contributed by atoms with E-state index in [1.165, 1.54) is 13.0 Å². The number of nitrogens with zero attached hydrogens (tertiary/aromatic N) is 1. The Morgan fingerprint density at radius 3 is 2.72 bits per heavy atom. The molecule has 0 amide bonds. The molecule has 2 unspecified atom stereocenters. The number of halogens is 2. The summed E-state index contributed by atoms with van der Waals surface area (Å²) in [6.07, 6.45) is 17.0. The van der Waals surface area contributed by atoms with Crippen molar-refractivity contribution < 1.29 is 13.9 Å². The summed E-state index contributed by atoms with van der Waals surface area (Å²) in [6, 6.07) is 0.165. The van der Waals surface area contributed by atoms with Crippen LogP contribution in [0.1, 0.15) is 40.5 Å². The maximum Gasteiger partial charge on any atom is 0.153 e. The molecule has 0 aromatic heterocycles. The second-order valence-corrected chi connectivity index (χ2v) is 6.55. The fraction of sp³-hybridized carbons (Fsp3) is 0.435. The first kappa shape index (κ1) is 26.5. The van der Waals surface area contributed by atoms with Crippen LogP contribution in [-0.4, -0.2) is 37.5 Å². The van der Waals surface area contributed by atoms with Crippen molar-refractivity contribution in [3.05, 3.63) is 52.5 Å². The first-order chi connectivity index (χ1) is 13.9. The molecule has 0 aromatic carbocycles. The molecule has 0 fully saturated rings. The van der Waals surface area contributed by atoms with Crippen LogP contribution in [0, 0.1) is 12.3 Å². The van der Waals surface area contributed by atoms with Crippen molar-refractivity contribution in [2.24, 2.45) is 4.99 Å². The van der Waals surface area contributed by atoms with Crippen LogP contribution in [0.5, 0.6) is 0 Å². The number of nitrogens with one attached hydrogen (secondary N) is 1. The van der Waals surface area contributed by atoms with Crippen LogP contribution < -0.4 is 5.32 Å². The van der Waals surface area contributed by atoms with E-state index < -0.39 is 0 Å². The number of hydrogen-bond donors (Lipinski definition) is 1. The molecule has 0 saturated heterocycles. The molecule has 29 heavy (non-hydrogen) atoms. The number of amidine groups is 1. The summed E-state index contributed by atoms with van der Waals surface area (Å²) in [5.41, 5.74) is 3.21. The SMILES string of the molecule is C#CC/C(OCC1=NC(C)/C=C\C/C=C\C(C)N1)=C(/Cl)C=C=C(C)C=O.CCF. The molecule has 158 valence electrons. The summed E-state index contributed by atoms with van der Waals surface area (Å²) in [5.74, 6) is 3.67. The molecule has 0 bridgehead atoms. The Bertz CT molecular complexity index is 738. The second kappa shape index (κ2) is 16.4. The monoisotopic (exact) mass is 420 g/mol. The third-order valence-corrected chi connectivity index (χ3v) is 3.70. The van der Waals surface area contributed by atoms with Crippen molar-refractivity contribution in [2.45, 2.75) is 52.6 Å². The molecule has 0 radical (unpaired) electrons. The molecular weight excluding hydrogens is 391 g/mol. The van der Waals surface area contributed by atoms with Gasteiger partial charge in [-0.15, -0.1) is 12.2 Å². The van der Waals surface area contributed by atoms with Gasteiger partial charge in [0.05, 0.1) is 24.2 Å². The van der Waals surface area contributed by atoms with Gasteiger partial charge in [-0.1, -0.05) is 41.8 Å². The number of hydrogen-bond acceptors (Lipinski definition) is 4. The smallest absolute Gasteiger partial charge is 0.153 e. The molecule has 1 aliphatic heterocycles. The predicted octanol–water partition coefficient (Wildman–Crippen LogP) is 5.03. The summed E-state index contributed by atoms with van der Waals surface area (Å²) in [4.78, 5) is 15.3. The average Bonchev–Trinajstić information content (AvgIpc) is 2.68. The number of aldehydes is 1. The lowest BCUT2D eigenvalue weighted by molar-refractivity contribution is -0.104. The maximum absolute atomic E-state index is 10.6. The number of rotatable bonds is 6. The molecule has 6 heteroatoms. The Morgan fingerprint density at radius 1 is 1.45 bits per heavy atom. The quantitative estimate of drug-likeness (QED) is 0.125. The van der Waals surface area contributed by atoms with Crippen molar-refractivity contribution in [3.63, 3.8) is 0 Å². The van der Waals surface area contributed by atoms with Crippen molar-refractivity contribution in [2.75, 3.05) is 13.3 Å². The number of aliphatic imine (C=N–C) groups is 1. The van der Waals surface area contributed by atoms with Crippen LogP contribution in [0.4, 0.5) is 4.39 Å². The Labute approximate surface area is 179 Å². The maximum atomic E-state index is 10.6. The van der Waals surface area contributed by atoms with E-state index in [4.69, 9.17) is 22.8 Å². The Morgan fingerprint density at radius 2 is 2.10 bits per heavy atom. The van der Waals surface area contributed by atoms with E-state index in [9.17, 15) is 9.18 Å². The van der Waals surface area contributed by atoms with Gasteiger partial charge in [-0.3, -0.25) is 14.2 Å². The number of alkyl halides is 1. The number of allylic oxidation sites excluding steroid dienone is 5. The van der Waals surface area contributed by atoms with Crippen LogP contribution in [-0.2, 0) is 9.53 Å². The average molecular weight is 421 g/mol. The van der Waals surface area contributed by atoms with Gasteiger partial charge in [0.2, 0.25) is 0 Å². The summed E-state index contributed by atoms with van der Waals surface area (Å²) in [7, 11) is 0. The zero-order valence-corrected chi connectivity index (χ0v) is 18.3. The van der Waals surface area contributed by atoms with Crippen LogP contribution >= 0.6 is 11.6 Å². The number of terminal acetylenes is 1. The van der Waals surface area contributed by atoms with Crippen molar-refractivity contribution in [1.29, 1.82) is 0 Å². The van der Waals surface area contributed by atoms with E-state index in [0.717, 1.165) is 6.42 Å². The van der Waals surface area contributed by atoms with E-state index in [1.54, 1.807) is 6.92 Å². The molecule has 4 nitrogen and oxygen atoms in total. The first-order valence-electron chi connectivity index (χ1n) is 9.43. The summed E-state index contributed by atoms with van der Waals surface area (Å²) >= 11 is 6.24. The lowest BCUT2D eigenvalue weighted by atomic mass is 10.2. The molecule has 1 N–H and O–H groups in total. The lowest BCUT2D eigenvalue weighted by Gasteiger charge is -2.18. The molecule has 0 aromatic rings. The molecule has 1 rings (SSSR count). The minimum absolute atomic E-state index is 0.0356. The Balaban J connectivity index is 0.00000245. The highest BCUT2D eigenvalue weighted by molar-refractivity contribution is 6.31. The van der Waals surface area contributed by atoms with E-state index in [1.807, 2.05) is 19.9 Å². The molecule has 1 heterocycles. The third-order valence-electron chi connectivity index (χ3n) is 3.38. The van der Waals surface area contributed by atoms with Gasteiger partial charge in [-0.05, 0) is 34.1 Å². The van der Waals surface area contributed by atoms with Crippen LogP contribution in [0.2, 0.25) is 0 Å². The normalized spacial score (nSPS) is 21.2. The molecular formula is C23H30ClFN2O2. The molecule has 2 atom stereocenters. The van der Waals surface area contributed by atoms with E-state index in [0.29, 0.717) is 28.5 Å². The zero-order valence-electron chi connectivity index (χ0n) is 17.5. The van der Waals surface area contributed by atoms with Gasteiger partial charge >= 0.3 is 0 Å². The van der Waals surface area contributed by atoms with Gasteiger partial charge in [0.15, 0.2) is 6.29 Å². The second-order valence-electron chi connectivity index (χ2n) is 6.14. The fourth-order valence-electron chi connectivity index (χ4n) is 2.10. The molecule has 0 aliphatic carbocycles. The van der Waals surface area contributed by atoms with E-state index in [-0.39, 0.29) is 31.8 Å². The minimum atomic E-state index is -0.250. The molecule has 0 spiro atoms. The Kier molecular flexibility index (Phi) is 15.0. The van der Waals surface area contributed by atoms with Crippen LogP contribution in [0.15, 0.2) is 57.5 Å². The molecule has 0 saturated carbocycles. The largest absolute Gasteiger partial charge is 0.487 e. The minimum Gasteiger partial charge on any atom is -0.487 e. The Hall–Kier alpha value is -2.54. The van der Waals surface area contributed by atoms with Crippen LogP contribution in [0.3, 0.4) is 0 Å². The van der Waals surface area contributed by atoms with Crippen molar-refractivity contribution >= 4 is 23.7 Å². The number of carbonyl (C=O) groups excluding carboxylic acids is 1. The standard InChI is InChI=1S/C21H25ClN2O2.C2H5F/c1-5-9-20(19(22)13-12-16(2)14-25)26-15-21-23-17(3)10-7-6-8-11-18(4)24-21;1-2-3/h1,7-8,10-11,13-14,17-18H,6,9,15H2,2-4H3,(H,23,24);2H2,1H3/b10-7-,11-8-,20-19-;. The highest BCUT2D eigenvalue weighted by Gasteiger charge is 2.10. The van der Waals surface area contributed by atoms with Gasteiger partial charge < -0.3 is 10.1 Å². The number of carbonyl (C=O) groups is 1. The summed E-state index contributed by atoms with van der Waals surface area (Å²) < 4.78 is 16.1. The zero-order chi connectivity index (χ0) is 22.1. The van der Waals surface area contributed by atoms with Gasteiger partial charge in [0, 0.05) is 17.7 Å². The predicted molar refractivity (Wildman–Crippen MR) is 120 cm³/mol. The van der Waals surface area contributed by atoms with Crippen molar-refractivity contribution in [3.8, 4) is 12.3 Å². The van der Waals surface area contributed by atoms with E-state index >= 15 is 0 Å². The first-order valence-corrected chi connectivity index (χ1v) is 9.81.